The van der Waals surface area contributed by atoms with Crippen molar-refractivity contribution < 1.29 is 13.2 Å². The van der Waals surface area contributed by atoms with Gasteiger partial charge >= 0.3 is 0 Å². The van der Waals surface area contributed by atoms with Crippen LogP contribution in [0, 0.1) is 11.3 Å². The number of hydrogen-bond donors (Lipinski definition) is 0. The molecule has 146 valence electrons. The summed E-state index contributed by atoms with van der Waals surface area (Å²) in [6.07, 6.45) is 0. The highest BCUT2D eigenvalue weighted by Gasteiger charge is 2.17. The van der Waals surface area contributed by atoms with Crippen LogP contribution in [-0.2, 0) is 22.1 Å². The van der Waals surface area contributed by atoms with E-state index in [1.165, 1.54) is 0 Å². The molecule has 0 aromatic heterocycles. The number of nitriles is 1. The minimum absolute atomic E-state index is 0.175. The fourth-order valence-corrected chi connectivity index (χ4v) is 4.39. The maximum Gasteiger partial charge on any atom is 0.253 e. The first kappa shape index (κ1) is 20.3. The third kappa shape index (κ3) is 5.09. The fraction of sp³-hybridized carbons (Fsp3) is 0.130. The summed E-state index contributed by atoms with van der Waals surface area (Å²) >= 11 is 0. The molecule has 0 aliphatic heterocycles. The molecule has 3 aromatic carbocycles. The molecule has 0 saturated heterocycles. The number of amides is 1. The summed E-state index contributed by atoms with van der Waals surface area (Å²) in [5, 5.41) is 9.01. The molecule has 3 aromatic rings. The number of sulfone groups is 1. The third-order valence-electron chi connectivity index (χ3n) is 4.46. The Kier molecular flexibility index (Phi) is 6.10. The van der Waals surface area contributed by atoms with E-state index in [1.54, 1.807) is 84.7 Å². The van der Waals surface area contributed by atoms with Gasteiger partial charge in [-0.25, -0.2) is 8.42 Å². The Morgan fingerprint density at radius 1 is 0.931 bits per heavy atom. The molecule has 6 heteroatoms. The summed E-state index contributed by atoms with van der Waals surface area (Å²) in [6.45, 7) is 0.348. The lowest BCUT2D eigenvalue weighted by atomic mass is 10.1. The second-order valence-electron chi connectivity index (χ2n) is 6.75. The van der Waals surface area contributed by atoms with Crippen LogP contribution >= 0.6 is 0 Å². The van der Waals surface area contributed by atoms with Gasteiger partial charge in [-0.05, 0) is 47.5 Å². The second-order valence-corrected chi connectivity index (χ2v) is 8.74. The van der Waals surface area contributed by atoms with Crippen LogP contribution in [0.25, 0.3) is 0 Å². The monoisotopic (exact) mass is 404 g/mol. The van der Waals surface area contributed by atoms with E-state index in [0.717, 1.165) is 5.56 Å². The van der Waals surface area contributed by atoms with Crippen LogP contribution in [0.1, 0.15) is 27.0 Å². The normalized spacial score (nSPS) is 10.9. The van der Waals surface area contributed by atoms with E-state index in [1.807, 2.05) is 6.07 Å². The van der Waals surface area contributed by atoms with Crippen molar-refractivity contribution >= 4 is 15.7 Å². The molecule has 29 heavy (non-hydrogen) atoms. The van der Waals surface area contributed by atoms with Gasteiger partial charge in [-0.15, -0.1) is 0 Å². The van der Waals surface area contributed by atoms with Crippen molar-refractivity contribution in [3.05, 3.63) is 101 Å². The van der Waals surface area contributed by atoms with Crippen LogP contribution in [0.4, 0.5) is 0 Å². The summed E-state index contributed by atoms with van der Waals surface area (Å²) in [5.41, 5.74) is 2.36. The maximum absolute atomic E-state index is 12.8. The van der Waals surface area contributed by atoms with Gasteiger partial charge in [-0.1, -0.05) is 42.5 Å². The molecule has 0 heterocycles. The van der Waals surface area contributed by atoms with Crippen LogP contribution in [0.15, 0.2) is 83.8 Å². The summed E-state index contributed by atoms with van der Waals surface area (Å²) in [4.78, 5) is 14.6. The van der Waals surface area contributed by atoms with E-state index in [-0.39, 0.29) is 16.6 Å². The highest BCUT2D eigenvalue weighted by Crippen LogP contribution is 2.18. The minimum atomic E-state index is -3.49. The van der Waals surface area contributed by atoms with Crippen LogP contribution < -0.4 is 0 Å². The van der Waals surface area contributed by atoms with Crippen LogP contribution in [0.2, 0.25) is 0 Å². The topological polar surface area (TPSA) is 78.2 Å². The van der Waals surface area contributed by atoms with E-state index in [0.29, 0.717) is 23.2 Å². The van der Waals surface area contributed by atoms with E-state index < -0.39 is 9.84 Å². The molecule has 0 unspecified atom stereocenters. The molecule has 0 aliphatic rings. The zero-order valence-corrected chi connectivity index (χ0v) is 16.8. The Morgan fingerprint density at radius 3 is 2.34 bits per heavy atom. The largest absolute Gasteiger partial charge is 0.337 e. The van der Waals surface area contributed by atoms with Gasteiger partial charge in [0, 0.05) is 19.2 Å². The lowest BCUT2D eigenvalue weighted by Gasteiger charge is -2.18. The minimum Gasteiger partial charge on any atom is -0.337 e. The van der Waals surface area contributed by atoms with Crippen LogP contribution in [0.3, 0.4) is 0 Å². The predicted molar refractivity (Wildman–Crippen MR) is 111 cm³/mol. The lowest BCUT2D eigenvalue weighted by molar-refractivity contribution is 0.0785. The molecular weight excluding hydrogens is 384 g/mol. The predicted octanol–water partition coefficient (Wildman–Crippen LogP) is 3.80. The van der Waals surface area contributed by atoms with Gasteiger partial charge < -0.3 is 4.90 Å². The van der Waals surface area contributed by atoms with E-state index in [2.05, 4.69) is 6.07 Å². The van der Waals surface area contributed by atoms with Gasteiger partial charge in [0.05, 0.1) is 22.3 Å². The Labute approximate surface area is 170 Å². The first-order valence-corrected chi connectivity index (χ1v) is 10.7. The second kappa shape index (κ2) is 8.72. The van der Waals surface area contributed by atoms with Gasteiger partial charge in [0.25, 0.3) is 5.91 Å². The summed E-state index contributed by atoms with van der Waals surface area (Å²) in [5.74, 6) is -0.391. The highest BCUT2D eigenvalue weighted by atomic mass is 32.2. The SMILES string of the molecule is CN(Cc1cccc(C#N)c1)C(=O)c1cccc(CS(=O)(=O)c2ccccc2)c1. The smallest absolute Gasteiger partial charge is 0.253 e. The Balaban J connectivity index is 1.76. The maximum atomic E-state index is 12.8. The number of carbonyl (C=O) groups excluding carboxylic acids is 1. The van der Waals surface area contributed by atoms with Crippen LogP contribution in [0.5, 0.6) is 0 Å². The molecule has 1 amide bonds. The Hall–Kier alpha value is -3.43. The quantitative estimate of drug-likeness (QED) is 0.626. The molecule has 0 fully saturated rings. The molecule has 3 rings (SSSR count). The zero-order valence-electron chi connectivity index (χ0n) is 15.9. The van der Waals surface area contributed by atoms with E-state index in [4.69, 9.17) is 5.26 Å². The number of carbonyl (C=O) groups is 1. The van der Waals surface area contributed by atoms with E-state index in [9.17, 15) is 13.2 Å². The van der Waals surface area contributed by atoms with Gasteiger partial charge in [-0.3, -0.25) is 4.79 Å². The molecule has 0 spiro atoms. The average molecular weight is 404 g/mol. The van der Waals surface area contributed by atoms with Gasteiger partial charge in [0.15, 0.2) is 9.84 Å². The molecule has 5 nitrogen and oxygen atoms in total. The molecule has 0 aliphatic carbocycles. The first-order chi connectivity index (χ1) is 13.9. The standard InChI is InChI=1S/C23H20N2O3S/c1-25(16-19-8-5-7-18(13-19)15-24)23(26)21-10-6-9-20(14-21)17-29(27,28)22-11-3-2-4-12-22/h2-14H,16-17H2,1H3. The highest BCUT2D eigenvalue weighted by molar-refractivity contribution is 7.90. The van der Waals surface area contributed by atoms with Crippen molar-refractivity contribution in [2.45, 2.75) is 17.2 Å². The van der Waals surface area contributed by atoms with Crippen molar-refractivity contribution in [2.75, 3.05) is 7.05 Å². The first-order valence-electron chi connectivity index (χ1n) is 9.00. The zero-order chi connectivity index (χ0) is 20.9. The fourth-order valence-electron chi connectivity index (χ4n) is 3.03. The summed E-state index contributed by atoms with van der Waals surface area (Å²) in [7, 11) is -1.81. The van der Waals surface area contributed by atoms with Crippen molar-refractivity contribution in [1.29, 1.82) is 5.26 Å². The van der Waals surface area contributed by atoms with Gasteiger partial charge in [-0.2, -0.15) is 5.26 Å². The molecule has 0 bridgehead atoms. The number of rotatable bonds is 6. The van der Waals surface area contributed by atoms with Crippen LogP contribution in [-0.4, -0.2) is 26.3 Å². The summed E-state index contributed by atoms with van der Waals surface area (Å²) in [6, 6.07) is 24.1. The van der Waals surface area contributed by atoms with Crippen molar-refractivity contribution in [3.8, 4) is 6.07 Å². The number of nitrogens with zero attached hydrogens (tertiary/aromatic N) is 2. The number of benzene rings is 3. The molecule has 0 saturated carbocycles. The molecule has 0 atom stereocenters. The molecular formula is C23H20N2O3S. The van der Waals surface area contributed by atoms with Crippen molar-refractivity contribution in [3.63, 3.8) is 0 Å². The van der Waals surface area contributed by atoms with Gasteiger partial charge in [0.2, 0.25) is 0 Å². The summed E-state index contributed by atoms with van der Waals surface area (Å²) < 4.78 is 25.2. The van der Waals surface area contributed by atoms with Gasteiger partial charge in [0.1, 0.15) is 0 Å². The Morgan fingerprint density at radius 2 is 1.62 bits per heavy atom. The number of hydrogen-bond acceptors (Lipinski definition) is 4. The Bertz CT molecular complexity index is 1170. The lowest BCUT2D eigenvalue weighted by Crippen LogP contribution is -2.26. The molecule has 0 N–H and O–H groups in total. The van der Waals surface area contributed by atoms with Crippen molar-refractivity contribution in [2.24, 2.45) is 0 Å². The molecule has 0 radical (unpaired) electrons. The average Bonchev–Trinajstić information content (AvgIpc) is 2.74. The third-order valence-corrected chi connectivity index (χ3v) is 6.16. The van der Waals surface area contributed by atoms with E-state index >= 15 is 0 Å². The van der Waals surface area contributed by atoms with Crippen molar-refractivity contribution in [1.82, 2.24) is 4.90 Å².